The first-order valence-corrected chi connectivity index (χ1v) is 7.90. The van der Waals surface area contributed by atoms with Crippen molar-refractivity contribution in [2.24, 2.45) is 0 Å². The van der Waals surface area contributed by atoms with Crippen LogP contribution >= 0.6 is 0 Å². The van der Waals surface area contributed by atoms with Gasteiger partial charge in [0.25, 0.3) is 0 Å². The minimum absolute atomic E-state index is 0.201. The van der Waals surface area contributed by atoms with Crippen molar-refractivity contribution in [2.75, 3.05) is 18.4 Å². The van der Waals surface area contributed by atoms with Crippen molar-refractivity contribution >= 4 is 11.7 Å². The highest BCUT2D eigenvalue weighted by Gasteiger charge is 2.33. The number of nitrogens with zero attached hydrogens (tertiary/aromatic N) is 2. The molecule has 1 aromatic heterocycles. The van der Waals surface area contributed by atoms with Gasteiger partial charge in [0.2, 0.25) is 0 Å². The Balaban J connectivity index is 1.65. The Kier molecular flexibility index (Phi) is 4.40. The molecule has 2 N–H and O–H groups in total. The molecule has 2 amide bonds. The normalized spacial score (nSPS) is 20.0. The van der Waals surface area contributed by atoms with Crippen LogP contribution in [0.2, 0.25) is 0 Å². The van der Waals surface area contributed by atoms with Crippen LogP contribution in [0.1, 0.15) is 18.9 Å². The predicted octanol–water partition coefficient (Wildman–Crippen LogP) is 3.17. The average Bonchev–Trinajstić information content (AvgIpc) is 2.91. The Hall–Kier alpha value is -2.60. The number of hydrogen-bond donors (Lipinski definition) is 2. The molecule has 0 aliphatic carbocycles. The van der Waals surface area contributed by atoms with Gasteiger partial charge in [-0.05, 0) is 56.2 Å². The van der Waals surface area contributed by atoms with E-state index in [4.69, 9.17) is 4.74 Å². The van der Waals surface area contributed by atoms with Crippen LogP contribution in [0.5, 0.6) is 11.5 Å². The van der Waals surface area contributed by atoms with Crippen LogP contribution in [0, 0.1) is 6.92 Å². The third-order valence-corrected chi connectivity index (χ3v) is 4.03. The summed E-state index contributed by atoms with van der Waals surface area (Å²) >= 11 is 0. The van der Waals surface area contributed by atoms with Crippen molar-refractivity contribution in [1.82, 2.24) is 9.88 Å². The van der Waals surface area contributed by atoms with Gasteiger partial charge in [0.15, 0.2) is 0 Å². The van der Waals surface area contributed by atoms with Gasteiger partial charge >= 0.3 is 6.03 Å². The van der Waals surface area contributed by atoms with Crippen LogP contribution < -0.4 is 10.1 Å². The van der Waals surface area contributed by atoms with Crippen LogP contribution in [0.4, 0.5) is 10.5 Å². The molecule has 0 radical (unpaired) electrons. The Morgan fingerprint density at radius 3 is 2.88 bits per heavy atom. The maximum atomic E-state index is 12.3. The van der Waals surface area contributed by atoms with Crippen LogP contribution in [0.25, 0.3) is 0 Å². The number of carbonyl (C=O) groups excluding carboxylic acids is 1. The Morgan fingerprint density at radius 2 is 2.25 bits per heavy atom. The topological polar surface area (TPSA) is 74.7 Å². The number of carbonyl (C=O) groups is 1. The number of benzene rings is 1. The average molecular weight is 327 g/mol. The van der Waals surface area contributed by atoms with E-state index in [9.17, 15) is 9.90 Å². The zero-order valence-electron chi connectivity index (χ0n) is 13.8. The molecule has 1 saturated heterocycles. The number of hydrogen-bond acceptors (Lipinski definition) is 4. The first-order valence-electron chi connectivity index (χ1n) is 7.90. The molecule has 24 heavy (non-hydrogen) atoms. The maximum absolute atomic E-state index is 12.3. The van der Waals surface area contributed by atoms with E-state index in [1.807, 2.05) is 31.2 Å². The smallest absolute Gasteiger partial charge is 0.321 e. The highest BCUT2D eigenvalue weighted by atomic mass is 16.5. The summed E-state index contributed by atoms with van der Waals surface area (Å²) in [5.41, 5.74) is 0.807. The summed E-state index contributed by atoms with van der Waals surface area (Å²) in [6, 6.07) is 8.92. The van der Waals surface area contributed by atoms with Gasteiger partial charge in [-0.3, -0.25) is 4.98 Å². The number of likely N-dealkylation sites (tertiary alicyclic amines) is 1. The molecule has 1 aliphatic rings. The molecule has 126 valence electrons. The largest absolute Gasteiger partial charge is 0.455 e. The van der Waals surface area contributed by atoms with Crippen LogP contribution in [-0.2, 0) is 0 Å². The minimum atomic E-state index is -0.797. The second-order valence-corrected chi connectivity index (χ2v) is 6.37. The van der Waals surface area contributed by atoms with Gasteiger partial charge in [0.1, 0.15) is 11.5 Å². The van der Waals surface area contributed by atoms with E-state index in [1.54, 1.807) is 30.3 Å². The summed E-state index contributed by atoms with van der Waals surface area (Å²) in [7, 11) is 0. The molecular formula is C18H21N3O3. The van der Waals surface area contributed by atoms with E-state index >= 15 is 0 Å². The van der Waals surface area contributed by atoms with Gasteiger partial charge in [-0.1, -0.05) is 0 Å². The van der Waals surface area contributed by atoms with Gasteiger partial charge in [0.05, 0.1) is 18.3 Å². The lowest BCUT2D eigenvalue weighted by molar-refractivity contribution is 0.0727. The van der Waals surface area contributed by atoms with Crippen molar-refractivity contribution in [3.8, 4) is 11.5 Å². The van der Waals surface area contributed by atoms with Crippen molar-refractivity contribution in [1.29, 1.82) is 0 Å². The zero-order valence-corrected chi connectivity index (χ0v) is 13.8. The quantitative estimate of drug-likeness (QED) is 0.908. The number of rotatable bonds is 3. The van der Waals surface area contributed by atoms with Crippen LogP contribution in [0.15, 0.2) is 42.7 Å². The Morgan fingerprint density at radius 1 is 1.42 bits per heavy atom. The van der Waals surface area contributed by atoms with Crippen molar-refractivity contribution in [3.63, 3.8) is 0 Å². The summed E-state index contributed by atoms with van der Waals surface area (Å²) in [5, 5.41) is 12.8. The van der Waals surface area contributed by atoms with E-state index in [0.717, 1.165) is 5.56 Å². The lowest BCUT2D eigenvalue weighted by Gasteiger charge is -2.20. The number of aryl methyl sites for hydroxylation is 1. The highest BCUT2D eigenvalue weighted by molar-refractivity contribution is 5.89. The molecule has 1 aromatic carbocycles. The van der Waals surface area contributed by atoms with Gasteiger partial charge in [0, 0.05) is 18.4 Å². The fourth-order valence-corrected chi connectivity index (χ4v) is 2.70. The number of urea groups is 1. The van der Waals surface area contributed by atoms with E-state index in [1.165, 1.54) is 0 Å². The van der Waals surface area contributed by atoms with E-state index < -0.39 is 5.60 Å². The molecule has 2 heterocycles. The highest BCUT2D eigenvalue weighted by Crippen LogP contribution is 2.27. The third kappa shape index (κ3) is 3.83. The molecule has 2 aromatic rings. The monoisotopic (exact) mass is 327 g/mol. The van der Waals surface area contributed by atoms with Gasteiger partial charge in [-0.2, -0.15) is 0 Å². The zero-order chi connectivity index (χ0) is 17.2. The molecule has 1 atom stereocenters. The van der Waals surface area contributed by atoms with Gasteiger partial charge < -0.3 is 20.1 Å². The molecule has 6 nitrogen and oxygen atoms in total. The van der Waals surface area contributed by atoms with Gasteiger partial charge in [-0.15, -0.1) is 0 Å². The fourth-order valence-electron chi connectivity index (χ4n) is 2.70. The van der Waals surface area contributed by atoms with E-state index in [2.05, 4.69) is 10.3 Å². The Bertz CT molecular complexity index is 732. The minimum Gasteiger partial charge on any atom is -0.455 e. The SMILES string of the molecule is Cc1cc(NC(=O)N2CC[C@@](C)(O)C2)ccc1Oc1cccnc1. The molecule has 0 spiro atoms. The van der Waals surface area contributed by atoms with Crippen molar-refractivity contribution in [2.45, 2.75) is 25.9 Å². The number of aliphatic hydroxyl groups is 1. The first kappa shape index (κ1) is 16.3. The Labute approximate surface area is 141 Å². The molecule has 0 saturated carbocycles. The molecule has 0 bridgehead atoms. The summed E-state index contributed by atoms with van der Waals surface area (Å²) in [5.74, 6) is 1.38. The number of pyridine rings is 1. The molecule has 1 fully saturated rings. The number of aromatic nitrogens is 1. The number of β-amino-alcohol motifs (C(OH)–C–C–N with tert-alkyl or cyclic N) is 1. The van der Waals surface area contributed by atoms with Crippen LogP contribution in [-0.4, -0.2) is 39.7 Å². The summed E-state index contributed by atoms with van der Waals surface area (Å²) < 4.78 is 5.78. The van der Waals surface area contributed by atoms with E-state index in [-0.39, 0.29) is 6.03 Å². The molecule has 6 heteroatoms. The summed E-state index contributed by atoms with van der Waals surface area (Å²) in [4.78, 5) is 17.9. The molecule has 1 aliphatic heterocycles. The maximum Gasteiger partial charge on any atom is 0.321 e. The summed E-state index contributed by atoms with van der Waals surface area (Å²) in [6.45, 7) is 4.57. The molecular weight excluding hydrogens is 306 g/mol. The first-order chi connectivity index (χ1) is 11.4. The number of ether oxygens (including phenoxy) is 1. The second kappa shape index (κ2) is 6.49. The summed E-state index contributed by atoms with van der Waals surface area (Å²) in [6.07, 6.45) is 3.93. The number of amides is 2. The standard InChI is InChI=1S/C18H21N3O3/c1-13-10-14(20-17(22)21-9-7-18(2,23)12-21)5-6-16(13)24-15-4-3-8-19-11-15/h3-6,8,10-11,23H,7,9,12H2,1-2H3,(H,20,22)/t18-/m1/s1. The number of nitrogens with one attached hydrogen (secondary N) is 1. The number of anilines is 1. The lowest BCUT2D eigenvalue weighted by atomic mass is 10.1. The molecule has 0 unspecified atom stereocenters. The predicted molar refractivity (Wildman–Crippen MR) is 91.3 cm³/mol. The van der Waals surface area contributed by atoms with Crippen molar-refractivity contribution in [3.05, 3.63) is 48.3 Å². The van der Waals surface area contributed by atoms with Crippen LogP contribution in [0.3, 0.4) is 0 Å². The van der Waals surface area contributed by atoms with Crippen molar-refractivity contribution < 1.29 is 14.6 Å². The lowest BCUT2D eigenvalue weighted by Crippen LogP contribution is -2.36. The second-order valence-electron chi connectivity index (χ2n) is 6.37. The fraction of sp³-hybridized carbons (Fsp3) is 0.333. The van der Waals surface area contributed by atoms with E-state index in [0.29, 0.717) is 36.7 Å². The third-order valence-electron chi connectivity index (χ3n) is 4.03. The van der Waals surface area contributed by atoms with Gasteiger partial charge in [-0.25, -0.2) is 4.79 Å². The molecule has 3 rings (SSSR count).